The molecule has 2 aromatic carbocycles. The first-order valence-corrected chi connectivity index (χ1v) is 10.6. The fourth-order valence-electron chi connectivity index (χ4n) is 2.68. The highest BCUT2D eigenvalue weighted by Crippen LogP contribution is 2.26. The average molecular weight is 418 g/mol. The molecular formula is C22H18N4O3S. The molecule has 0 amide bonds. The van der Waals surface area contributed by atoms with Crippen LogP contribution in [0.5, 0.6) is 11.6 Å². The van der Waals surface area contributed by atoms with E-state index in [2.05, 4.69) is 19.7 Å². The molecule has 0 saturated heterocycles. The molecule has 7 nitrogen and oxygen atoms in total. The normalized spacial score (nSPS) is 11.1. The largest absolute Gasteiger partial charge is 0.439 e. The van der Waals surface area contributed by atoms with E-state index in [0.717, 1.165) is 5.69 Å². The Hall–Kier alpha value is -3.78. The van der Waals surface area contributed by atoms with Gasteiger partial charge in [-0.1, -0.05) is 36.4 Å². The summed E-state index contributed by atoms with van der Waals surface area (Å²) in [7, 11) is -3.85. The molecule has 0 bridgehead atoms. The van der Waals surface area contributed by atoms with E-state index in [0.29, 0.717) is 17.0 Å². The van der Waals surface area contributed by atoms with Crippen LogP contribution in [0.1, 0.15) is 5.69 Å². The molecule has 2 aromatic heterocycles. The second-order valence-electron chi connectivity index (χ2n) is 6.44. The van der Waals surface area contributed by atoms with E-state index in [-0.39, 0.29) is 16.7 Å². The van der Waals surface area contributed by atoms with Gasteiger partial charge in [0, 0.05) is 23.5 Å². The van der Waals surface area contributed by atoms with Gasteiger partial charge in [-0.05, 0) is 43.3 Å². The summed E-state index contributed by atoms with van der Waals surface area (Å²) in [6.07, 6.45) is 1.67. The summed E-state index contributed by atoms with van der Waals surface area (Å²) in [5.41, 5.74) is 2.05. The molecule has 0 saturated carbocycles. The minimum Gasteiger partial charge on any atom is -0.439 e. The Bertz CT molecular complexity index is 1250. The second-order valence-corrected chi connectivity index (χ2v) is 8.12. The number of rotatable bonds is 6. The highest BCUT2D eigenvalue weighted by atomic mass is 32.2. The Kier molecular flexibility index (Phi) is 5.40. The summed E-state index contributed by atoms with van der Waals surface area (Å²) in [6.45, 7) is 1.88. The first kappa shape index (κ1) is 19.5. The highest BCUT2D eigenvalue weighted by molar-refractivity contribution is 7.92. The lowest BCUT2D eigenvalue weighted by Gasteiger charge is -2.11. The van der Waals surface area contributed by atoms with Gasteiger partial charge in [0.1, 0.15) is 5.75 Å². The lowest BCUT2D eigenvalue weighted by atomic mass is 10.2. The fraction of sp³-hybridized carbons (Fsp3) is 0.0455. The van der Waals surface area contributed by atoms with Crippen LogP contribution in [0.3, 0.4) is 0 Å². The van der Waals surface area contributed by atoms with Gasteiger partial charge in [0.2, 0.25) is 11.8 Å². The molecule has 30 heavy (non-hydrogen) atoms. The number of para-hydroxylation sites is 1. The molecular weight excluding hydrogens is 400 g/mol. The molecule has 4 aromatic rings. The van der Waals surface area contributed by atoms with E-state index in [1.807, 2.05) is 37.3 Å². The van der Waals surface area contributed by atoms with Crippen LogP contribution in [0, 0.1) is 6.92 Å². The monoisotopic (exact) mass is 418 g/mol. The van der Waals surface area contributed by atoms with Crippen molar-refractivity contribution in [3.8, 4) is 22.9 Å². The summed E-state index contributed by atoms with van der Waals surface area (Å²) in [5.74, 6) is 0.682. The predicted octanol–water partition coefficient (Wildman–Crippen LogP) is 4.44. The average Bonchev–Trinajstić information content (AvgIpc) is 2.75. The Morgan fingerprint density at radius 3 is 2.23 bits per heavy atom. The van der Waals surface area contributed by atoms with Gasteiger partial charge in [-0.25, -0.2) is 18.1 Å². The van der Waals surface area contributed by atoms with Crippen molar-refractivity contribution in [2.45, 2.75) is 11.8 Å². The molecule has 8 heteroatoms. The first-order chi connectivity index (χ1) is 14.5. The highest BCUT2D eigenvalue weighted by Gasteiger charge is 2.17. The van der Waals surface area contributed by atoms with Crippen molar-refractivity contribution in [2.75, 3.05) is 4.72 Å². The Balaban J connectivity index is 1.74. The molecule has 0 aliphatic rings. The second kappa shape index (κ2) is 8.30. The maximum absolute atomic E-state index is 12.7. The third-order valence-electron chi connectivity index (χ3n) is 4.15. The van der Waals surface area contributed by atoms with Crippen molar-refractivity contribution < 1.29 is 13.2 Å². The predicted molar refractivity (Wildman–Crippen MR) is 114 cm³/mol. The van der Waals surface area contributed by atoms with Crippen molar-refractivity contribution in [3.05, 3.63) is 90.8 Å². The molecule has 150 valence electrons. The van der Waals surface area contributed by atoms with E-state index in [9.17, 15) is 8.42 Å². The summed E-state index contributed by atoms with van der Waals surface area (Å²) in [5, 5.41) is 0. The number of nitrogens with one attached hydrogen (secondary N) is 1. The zero-order chi connectivity index (χ0) is 21.0. The molecule has 0 aliphatic heterocycles. The quantitative estimate of drug-likeness (QED) is 0.497. The van der Waals surface area contributed by atoms with Gasteiger partial charge in [0.15, 0.2) is 0 Å². The lowest BCUT2D eigenvalue weighted by Crippen LogP contribution is -2.15. The summed E-state index contributed by atoms with van der Waals surface area (Å²) in [4.78, 5) is 13.0. The van der Waals surface area contributed by atoms with E-state index in [1.54, 1.807) is 42.6 Å². The third kappa shape index (κ3) is 4.61. The number of benzene rings is 2. The molecule has 0 fully saturated rings. The summed E-state index contributed by atoms with van der Waals surface area (Å²) >= 11 is 0. The van der Waals surface area contributed by atoms with Crippen LogP contribution in [0.15, 0.2) is 90.0 Å². The minimum atomic E-state index is -3.85. The Labute approximate surface area is 174 Å². The van der Waals surface area contributed by atoms with Crippen molar-refractivity contribution in [3.63, 3.8) is 0 Å². The van der Waals surface area contributed by atoms with Gasteiger partial charge in [0.25, 0.3) is 10.0 Å². The minimum absolute atomic E-state index is 0.0946. The number of hydrogen-bond acceptors (Lipinski definition) is 6. The maximum atomic E-state index is 12.7. The lowest BCUT2D eigenvalue weighted by molar-refractivity contribution is 0.463. The Morgan fingerprint density at radius 1 is 0.867 bits per heavy atom. The van der Waals surface area contributed by atoms with Crippen molar-refractivity contribution in [1.29, 1.82) is 0 Å². The number of pyridine rings is 1. The number of aromatic nitrogens is 3. The molecule has 2 heterocycles. The van der Waals surface area contributed by atoms with Crippen molar-refractivity contribution in [2.24, 2.45) is 0 Å². The summed E-state index contributed by atoms with van der Waals surface area (Å²) < 4.78 is 33.7. The number of anilines is 1. The van der Waals surface area contributed by atoms with Gasteiger partial charge in [-0.15, -0.1) is 0 Å². The summed E-state index contributed by atoms with van der Waals surface area (Å²) in [6, 6.07) is 22.5. The van der Waals surface area contributed by atoms with Crippen LogP contribution >= 0.6 is 0 Å². The number of nitrogens with zero attached hydrogens (tertiary/aromatic N) is 3. The van der Waals surface area contributed by atoms with E-state index in [4.69, 9.17) is 4.74 Å². The number of ether oxygens (including phenoxy) is 1. The number of aryl methyl sites for hydroxylation is 1. The van der Waals surface area contributed by atoms with Crippen LogP contribution in [0.4, 0.5) is 5.95 Å². The zero-order valence-corrected chi connectivity index (χ0v) is 16.9. The van der Waals surface area contributed by atoms with Crippen LogP contribution < -0.4 is 9.46 Å². The van der Waals surface area contributed by atoms with Crippen LogP contribution in [0.2, 0.25) is 0 Å². The maximum Gasteiger partial charge on any atom is 0.264 e. The van der Waals surface area contributed by atoms with Crippen molar-refractivity contribution >= 4 is 16.0 Å². The fourth-order valence-corrected chi connectivity index (χ4v) is 3.64. The van der Waals surface area contributed by atoms with Gasteiger partial charge in [-0.2, -0.15) is 4.98 Å². The van der Waals surface area contributed by atoms with Crippen LogP contribution in [-0.4, -0.2) is 23.4 Å². The van der Waals surface area contributed by atoms with E-state index >= 15 is 0 Å². The molecule has 0 spiro atoms. The molecule has 1 N–H and O–H groups in total. The van der Waals surface area contributed by atoms with Gasteiger partial charge in [-0.3, -0.25) is 4.98 Å². The zero-order valence-electron chi connectivity index (χ0n) is 16.1. The third-order valence-corrected chi connectivity index (χ3v) is 5.50. The van der Waals surface area contributed by atoms with Crippen LogP contribution in [-0.2, 0) is 10.0 Å². The standard InChI is InChI=1S/C22H18N4O3S/c1-16-12-13-17(15-23-16)20-14-21(29-18-8-4-2-5-9-18)25-22(24-20)26-30(27,28)19-10-6-3-7-11-19/h2-15H,1H3,(H,24,25,26). The topological polar surface area (TPSA) is 94.1 Å². The smallest absolute Gasteiger partial charge is 0.264 e. The van der Waals surface area contributed by atoms with E-state index in [1.165, 1.54) is 12.1 Å². The first-order valence-electron chi connectivity index (χ1n) is 9.12. The van der Waals surface area contributed by atoms with Gasteiger partial charge >= 0.3 is 0 Å². The molecule has 4 rings (SSSR count). The van der Waals surface area contributed by atoms with Gasteiger partial charge in [0.05, 0.1) is 10.6 Å². The van der Waals surface area contributed by atoms with E-state index < -0.39 is 10.0 Å². The molecule has 0 unspecified atom stereocenters. The molecule has 0 radical (unpaired) electrons. The number of hydrogen-bond donors (Lipinski definition) is 1. The number of sulfonamides is 1. The van der Waals surface area contributed by atoms with Gasteiger partial charge < -0.3 is 4.74 Å². The molecule has 0 aliphatic carbocycles. The van der Waals surface area contributed by atoms with Crippen molar-refractivity contribution in [1.82, 2.24) is 15.0 Å². The molecule has 0 atom stereocenters. The van der Waals surface area contributed by atoms with Crippen LogP contribution in [0.25, 0.3) is 11.3 Å². The Morgan fingerprint density at radius 2 is 1.57 bits per heavy atom. The SMILES string of the molecule is Cc1ccc(-c2cc(Oc3ccccc3)nc(NS(=O)(=O)c3ccccc3)n2)cn1.